The first kappa shape index (κ1) is 12.2. The minimum atomic E-state index is -0.0268. The van der Waals surface area contributed by atoms with Gasteiger partial charge in [-0.05, 0) is 37.5 Å². The monoisotopic (exact) mass is 247 g/mol. The van der Waals surface area contributed by atoms with Gasteiger partial charge < -0.3 is 5.73 Å². The maximum Gasteiger partial charge on any atom is 0.133 e. The van der Waals surface area contributed by atoms with Crippen LogP contribution in [0.5, 0.6) is 0 Å². The molecule has 0 bridgehead atoms. The molecule has 0 spiro atoms. The molecule has 90 valence electrons. The van der Waals surface area contributed by atoms with E-state index in [4.69, 9.17) is 5.73 Å². The van der Waals surface area contributed by atoms with Crippen LogP contribution in [-0.2, 0) is 6.42 Å². The molecule has 1 unspecified atom stereocenters. The summed E-state index contributed by atoms with van der Waals surface area (Å²) in [5.41, 5.74) is 9.69. The van der Waals surface area contributed by atoms with Crippen molar-refractivity contribution in [2.24, 2.45) is 5.73 Å². The van der Waals surface area contributed by atoms with Crippen molar-refractivity contribution in [3.63, 3.8) is 0 Å². The van der Waals surface area contributed by atoms with Crippen molar-refractivity contribution in [2.45, 2.75) is 33.2 Å². The van der Waals surface area contributed by atoms with Gasteiger partial charge in [0.1, 0.15) is 10.0 Å². The van der Waals surface area contributed by atoms with Crippen LogP contribution in [0.25, 0.3) is 0 Å². The van der Waals surface area contributed by atoms with E-state index in [0.717, 1.165) is 16.4 Å². The second-order valence-corrected chi connectivity index (χ2v) is 5.51. The summed E-state index contributed by atoms with van der Waals surface area (Å²) in [5.74, 6) is 0. The van der Waals surface area contributed by atoms with Gasteiger partial charge in [-0.25, -0.2) is 0 Å². The smallest absolute Gasteiger partial charge is 0.133 e. The predicted molar refractivity (Wildman–Crippen MR) is 71.2 cm³/mol. The summed E-state index contributed by atoms with van der Waals surface area (Å²) >= 11 is 1.60. The normalized spacial score (nSPS) is 12.7. The van der Waals surface area contributed by atoms with Crippen molar-refractivity contribution < 1.29 is 0 Å². The Kier molecular flexibility index (Phi) is 3.54. The van der Waals surface area contributed by atoms with E-state index in [2.05, 4.69) is 42.2 Å². The maximum absolute atomic E-state index is 5.77. The van der Waals surface area contributed by atoms with Crippen molar-refractivity contribution in [1.29, 1.82) is 0 Å². The first-order valence-electron chi connectivity index (χ1n) is 5.70. The molecule has 0 saturated heterocycles. The Balaban J connectivity index is 2.16. The topological polar surface area (TPSA) is 51.8 Å². The summed E-state index contributed by atoms with van der Waals surface area (Å²) in [5, 5.41) is 10.2. The standard InChI is InChI=1S/C13H17N3S/c1-8-4-5-11(6-9(8)2)7-12-15-16-13(17-12)10(3)14/h4-6,10H,7,14H2,1-3H3. The number of benzene rings is 1. The van der Waals surface area contributed by atoms with E-state index in [1.807, 2.05) is 6.92 Å². The molecule has 0 aliphatic carbocycles. The highest BCUT2D eigenvalue weighted by Crippen LogP contribution is 2.19. The van der Waals surface area contributed by atoms with E-state index in [9.17, 15) is 0 Å². The van der Waals surface area contributed by atoms with Crippen LogP contribution in [0.15, 0.2) is 18.2 Å². The lowest BCUT2D eigenvalue weighted by Gasteiger charge is -2.02. The number of hydrogen-bond donors (Lipinski definition) is 1. The Bertz CT molecular complexity index is 517. The third-order valence-electron chi connectivity index (χ3n) is 2.80. The van der Waals surface area contributed by atoms with Crippen LogP contribution in [0.2, 0.25) is 0 Å². The minimum Gasteiger partial charge on any atom is -0.322 e. The van der Waals surface area contributed by atoms with Crippen LogP contribution in [0, 0.1) is 13.8 Å². The summed E-state index contributed by atoms with van der Waals surface area (Å²) in [6, 6.07) is 6.48. The number of hydrogen-bond acceptors (Lipinski definition) is 4. The zero-order chi connectivity index (χ0) is 12.4. The lowest BCUT2D eigenvalue weighted by Crippen LogP contribution is -2.03. The first-order valence-corrected chi connectivity index (χ1v) is 6.52. The molecule has 1 aromatic heterocycles. The van der Waals surface area contributed by atoms with Gasteiger partial charge in [0.25, 0.3) is 0 Å². The zero-order valence-electron chi connectivity index (χ0n) is 10.4. The second kappa shape index (κ2) is 4.94. The first-order chi connectivity index (χ1) is 8.06. The zero-order valence-corrected chi connectivity index (χ0v) is 11.2. The molecule has 3 nitrogen and oxygen atoms in total. The fraction of sp³-hybridized carbons (Fsp3) is 0.385. The number of rotatable bonds is 3. The third kappa shape index (κ3) is 2.90. The van der Waals surface area contributed by atoms with E-state index < -0.39 is 0 Å². The molecule has 1 heterocycles. The van der Waals surface area contributed by atoms with Gasteiger partial charge in [0.05, 0.1) is 6.04 Å². The molecule has 0 aliphatic rings. The molecule has 0 fully saturated rings. The van der Waals surface area contributed by atoms with Crippen LogP contribution >= 0.6 is 11.3 Å². The molecule has 2 N–H and O–H groups in total. The van der Waals surface area contributed by atoms with E-state index in [0.29, 0.717) is 0 Å². The van der Waals surface area contributed by atoms with Gasteiger partial charge in [0, 0.05) is 6.42 Å². The van der Waals surface area contributed by atoms with Crippen molar-refractivity contribution in [2.75, 3.05) is 0 Å². The van der Waals surface area contributed by atoms with Gasteiger partial charge in [-0.2, -0.15) is 0 Å². The Morgan fingerprint density at radius 1 is 1.24 bits per heavy atom. The van der Waals surface area contributed by atoms with E-state index >= 15 is 0 Å². The quantitative estimate of drug-likeness (QED) is 0.907. The molecule has 0 amide bonds. The second-order valence-electron chi connectivity index (χ2n) is 4.42. The molecular weight excluding hydrogens is 230 g/mol. The van der Waals surface area contributed by atoms with Gasteiger partial charge in [-0.1, -0.05) is 29.5 Å². The van der Waals surface area contributed by atoms with E-state index in [1.165, 1.54) is 16.7 Å². The summed E-state index contributed by atoms with van der Waals surface area (Å²) in [7, 11) is 0. The molecule has 0 radical (unpaired) electrons. The summed E-state index contributed by atoms with van der Waals surface area (Å²) in [4.78, 5) is 0. The highest BCUT2D eigenvalue weighted by Gasteiger charge is 2.08. The largest absolute Gasteiger partial charge is 0.322 e. The highest BCUT2D eigenvalue weighted by molar-refractivity contribution is 7.11. The lowest BCUT2D eigenvalue weighted by molar-refractivity contribution is 0.782. The molecule has 4 heteroatoms. The van der Waals surface area contributed by atoms with E-state index in [-0.39, 0.29) is 6.04 Å². The van der Waals surface area contributed by atoms with Crippen molar-refractivity contribution in [3.05, 3.63) is 44.9 Å². The van der Waals surface area contributed by atoms with Gasteiger partial charge >= 0.3 is 0 Å². The van der Waals surface area contributed by atoms with Crippen molar-refractivity contribution in [3.8, 4) is 0 Å². The summed E-state index contributed by atoms with van der Waals surface area (Å²) in [6.45, 7) is 6.19. The van der Waals surface area contributed by atoms with Crippen LogP contribution in [0.4, 0.5) is 0 Å². The molecule has 1 atom stereocenters. The number of nitrogens with two attached hydrogens (primary N) is 1. The molecule has 1 aromatic carbocycles. The average molecular weight is 247 g/mol. The SMILES string of the molecule is Cc1ccc(Cc2nnc(C(C)N)s2)cc1C. The van der Waals surface area contributed by atoms with Crippen molar-refractivity contribution >= 4 is 11.3 Å². The molecule has 2 rings (SSSR count). The van der Waals surface area contributed by atoms with Crippen LogP contribution in [-0.4, -0.2) is 10.2 Å². The summed E-state index contributed by atoms with van der Waals surface area (Å²) < 4.78 is 0. The molecule has 0 aliphatic heterocycles. The highest BCUT2D eigenvalue weighted by atomic mass is 32.1. The van der Waals surface area contributed by atoms with Gasteiger partial charge in [-0.15, -0.1) is 10.2 Å². The third-order valence-corrected chi connectivity index (χ3v) is 3.92. The number of aromatic nitrogens is 2. The fourth-order valence-electron chi connectivity index (χ4n) is 1.61. The van der Waals surface area contributed by atoms with E-state index in [1.54, 1.807) is 11.3 Å². The van der Waals surface area contributed by atoms with Crippen LogP contribution in [0.1, 0.15) is 39.7 Å². The van der Waals surface area contributed by atoms with Crippen molar-refractivity contribution in [1.82, 2.24) is 10.2 Å². The number of aryl methyl sites for hydroxylation is 2. The molecular formula is C13H17N3S. The Morgan fingerprint density at radius 2 is 2.00 bits per heavy atom. The predicted octanol–water partition coefficient (Wildman–Crippen LogP) is 2.77. The van der Waals surface area contributed by atoms with Gasteiger partial charge in [-0.3, -0.25) is 0 Å². The number of nitrogens with zero attached hydrogens (tertiary/aromatic N) is 2. The van der Waals surface area contributed by atoms with Crippen LogP contribution in [0.3, 0.4) is 0 Å². The minimum absolute atomic E-state index is 0.0268. The fourth-order valence-corrected chi connectivity index (χ4v) is 2.44. The Labute approximate surface area is 106 Å². The van der Waals surface area contributed by atoms with Crippen LogP contribution < -0.4 is 5.73 Å². The average Bonchev–Trinajstić information content (AvgIpc) is 2.72. The molecule has 0 saturated carbocycles. The lowest BCUT2D eigenvalue weighted by atomic mass is 10.0. The Morgan fingerprint density at radius 3 is 2.59 bits per heavy atom. The molecule has 17 heavy (non-hydrogen) atoms. The molecule has 2 aromatic rings. The van der Waals surface area contributed by atoms with Gasteiger partial charge in [0.15, 0.2) is 0 Å². The maximum atomic E-state index is 5.77. The Hall–Kier alpha value is -1.26. The van der Waals surface area contributed by atoms with Gasteiger partial charge in [0.2, 0.25) is 0 Å². The summed E-state index contributed by atoms with van der Waals surface area (Å²) in [6.07, 6.45) is 0.839.